The third-order valence-electron chi connectivity index (χ3n) is 6.59. The number of benzene rings is 4. The molecule has 200 valence electrons. The van der Waals surface area contributed by atoms with Crippen LogP contribution in [0.1, 0.15) is 38.5 Å². The number of aryl methyl sites for hydroxylation is 1. The number of nitrogens with two attached hydrogens (primary N) is 1. The molecule has 7 nitrogen and oxygen atoms in total. The average molecular weight is 537 g/mol. The molecule has 1 aliphatic heterocycles. The van der Waals surface area contributed by atoms with Gasteiger partial charge in [-0.25, -0.2) is 9.18 Å². The third-order valence-corrected chi connectivity index (χ3v) is 6.59. The van der Waals surface area contributed by atoms with Gasteiger partial charge >= 0.3 is 5.97 Å². The Morgan fingerprint density at radius 1 is 1.02 bits per heavy atom. The van der Waals surface area contributed by atoms with Crippen LogP contribution in [0.3, 0.4) is 0 Å². The zero-order valence-corrected chi connectivity index (χ0v) is 21.8. The number of methoxy groups -OCH3 is 1. The Balaban J connectivity index is 1.44. The molecule has 0 saturated heterocycles. The summed E-state index contributed by atoms with van der Waals surface area (Å²) in [5, 5.41) is 9.94. The molecule has 0 spiro atoms. The van der Waals surface area contributed by atoms with E-state index < -0.39 is 11.9 Å². The second-order valence-electron chi connectivity index (χ2n) is 9.15. The van der Waals surface area contributed by atoms with Gasteiger partial charge in [0.25, 0.3) is 0 Å². The van der Waals surface area contributed by atoms with E-state index in [-0.39, 0.29) is 29.6 Å². The van der Waals surface area contributed by atoms with E-state index in [1.165, 1.54) is 19.2 Å². The van der Waals surface area contributed by atoms with Gasteiger partial charge in [-0.2, -0.15) is 5.26 Å². The van der Waals surface area contributed by atoms with Gasteiger partial charge in [-0.3, -0.25) is 0 Å². The van der Waals surface area contributed by atoms with Gasteiger partial charge in [-0.15, -0.1) is 0 Å². The van der Waals surface area contributed by atoms with Crippen molar-refractivity contribution in [2.75, 3.05) is 7.11 Å². The second-order valence-corrected chi connectivity index (χ2v) is 9.15. The van der Waals surface area contributed by atoms with Crippen molar-refractivity contribution in [3.63, 3.8) is 0 Å². The first kappa shape index (κ1) is 26.3. The monoisotopic (exact) mass is 536 g/mol. The molecule has 5 rings (SSSR count). The normalized spacial score (nSPS) is 14.0. The number of hydrogen-bond donors (Lipinski definition) is 1. The van der Waals surface area contributed by atoms with Gasteiger partial charge in [0, 0.05) is 11.6 Å². The lowest BCUT2D eigenvalue weighted by atomic mass is 9.83. The Labute approximate surface area is 230 Å². The first-order chi connectivity index (χ1) is 19.4. The Hall–Kier alpha value is -5.29. The minimum atomic E-state index is -0.560. The lowest BCUT2D eigenvalue weighted by Crippen LogP contribution is -2.21. The number of esters is 1. The summed E-state index contributed by atoms with van der Waals surface area (Å²) in [6.45, 7) is 2.05. The van der Waals surface area contributed by atoms with E-state index >= 15 is 0 Å². The van der Waals surface area contributed by atoms with Crippen molar-refractivity contribution in [2.24, 2.45) is 5.73 Å². The van der Waals surface area contributed by atoms with Gasteiger partial charge in [0.1, 0.15) is 35.6 Å². The summed E-state index contributed by atoms with van der Waals surface area (Å²) in [4.78, 5) is 12.7. The SMILES string of the molecule is COc1cc(C2C(C#N)=C(N)Oc3cc(OC(=O)c4ccccc4C)ccc32)ccc1OCc1ccc(F)cc1. The maximum absolute atomic E-state index is 13.2. The van der Waals surface area contributed by atoms with E-state index in [4.69, 9.17) is 24.7 Å². The van der Waals surface area contributed by atoms with Crippen LogP contribution in [0.25, 0.3) is 0 Å². The zero-order chi connectivity index (χ0) is 28.2. The number of halogens is 1. The molecule has 0 fully saturated rings. The summed E-state index contributed by atoms with van der Waals surface area (Å²) in [7, 11) is 1.52. The highest BCUT2D eigenvalue weighted by Gasteiger charge is 2.32. The number of hydrogen-bond acceptors (Lipinski definition) is 7. The summed E-state index contributed by atoms with van der Waals surface area (Å²) in [6, 6.07) is 25.7. The van der Waals surface area contributed by atoms with Crippen LogP contribution >= 0.6 is 0 Å². The van der Waals surface area contributed by atoms with E-state index in [1.54, 1.807) is 54.6 Å². The molecule has 40 heavy (non-hydrogen) atoms. The first-order valence-electron chi connectivity index (χ1n) is 12.4. The van der Waals surface area contributed by atoms with Crippen molar-refractivity contribution in [1.29, 1.82) is 5.26 Å². The van der Waals surface area contributed by atoms with E-state index in [1.807, 2.05) is 25.1 Å². The van der Waals surface area contributed by atoms with E-state index in [0.717, 1.165) is 16.7 Å². The molecule has 0 radical (unpaired) electrons. The smallest absolute Gasteiger partial charge is 0.343 e. The standard InChI is InChI=1S/C32H25FN2O5/c1-19-5-3-4-6-24(19)32(36)39-23-12-13-25-28(16-23)40-31(35)26(17-34)30(25)21-9-14-27(29(15-21)37-2)38-18-20-7-10-22(33)11-8-20/h3-16,30H,18,35H2,1-2H3. The maximum Gasteiger partial charge on any atom is 0.343 e. The molecule has 0 bridgehead atoms. The third kappa shape index (κ3) is 5.31. The molecule has 2 N–H and O–H groups in total. The van der Waals surface area contributed by atoms with Gasteiger partial charge in [0.2, 0.25) is 5.88 Å². The molecule has 0 aliphatic carbocycles. The van der Waals surface area contributed by atoms with Crippen LogP contribution in [0, 0.1) is 24.1 Å². The topological polar surface area (TPSA) is 104 Å². The summed E-state index contributed by atoms with van der Waals surface area (Å²) >= 11 is 0. The van der Waals surface area contributed by atoms with Crippen LogP contribution in [-0.4, -0.2) is 13.1 Å². The maximum atomic E-state index is 13.2. The number of nitrogens with zero attached hydrogens (tertiary/aromatic N) is 1. The van der Waals surface area contributed by atoms with E-state index in [0.29, 0.717) is 28.4 Å². The van der Waals surface area contributed by atoms with Gasteiger partial charge < -0.3 is 24.7 Å². The largest absolute Gasteiger partial charge is 0.493 e. The van der Waals surface area contributed by atoms with Gasteiger partial charge in [-0.05, 0) is 60.0 Å². The predicted octanol–water partition coefficient (Wildman–Crippen LogP) is 6.16. The van der Waals surface area contributed by atoms with E-state index in [2.05, 4.69) is 6.07 Å². The summed E-state index contributed by atoms with van der Waals surface area (Å²) in [5.74, 6) is 0.164. The molecule has 1 aliphatic rings. The van der Waals surface area contributed by atoms with Crippen LogP contribution < -0.4 is 24.7 Å². The van der Waals surface area contributed by atoms with Crippen molar-refractivity contribution in [3.05, 3.63) is 130 Å². The van der Waals surface area contributed by atoms with Crippen LogP contribution in [0.2, 0.25) is 0 Å². The number of carbonyl (C=O) groups excluding carboxylic acids is 1. The molecule has 0 aromatic heterocycles. The molecule has 1 heterocycles. The Kier molecular flexibility index (Phi) is 7.38. The lowest BCUT2D eigenvalue weighted by molar-refractivity contribution is 0.0733. The van der Waals surface area contributed by atoms with Crippen molar-refractivity contribution in [2.45, 2.75) is 19.4 Å². The van der Waals surface area contributed by atoms with Crippen molar-refractivity contribution in [1.82, 2.24) is 0 Å². The minimum absolute atomic E-state index is 0.0435. The molecular formula is C32H25FN2O5. The zero-order valence-electron chi connectivity index (χ0n) is 21.8. The van der Waals surface area contributed by atoms with Crippen LogP contribution in [0.4, 0.5) is 4.39 Å². The molecule has 1 unspecified atom stereocenters. The number of ether oxygens (including phenoxy) is 4. The van der Waals surface area contributed by atoms with Gasteiger partial charge in [0.15, 0.2) is 11.5 Å². The minimum Gasteiger partial charge on any atom is -0.493 e. The molecule has 4 aromatic carbocycles. The Bertz CT molecular complexity index is 1660. The van der Waals surface area contributed by atoms with E-state index in [9.17, 15) is 14.4 Å². The van der Waals surface area contributed by atoms with Crippen LogP contribution in [-0.2, 0) is 6.61 Å². The molecule has 1 atom stereocenters. The molecule has 0 saturated carbocycles. The van der Waals surface area contributed by atoms with Crippen LogP contribution in [0.5, 0.6) is 23.0 Å². The fourth-order valence-corrected chi connectivity index (χ4v) is 4.53. The highest BCUT2D eigenvalue weighted by molar-refractivity contribution is 5.92. The first-order valence-corrected chi connectivity index (χ1v) is 12.4. The fraction of sp³-hybridized carbons (Fsp3) is 0.125. The quantitative estimate of drug-likeness (QED) is 0.223. The number of allylic oxidation sites excluding steroid dienone is 1. The van der Waals surface area contributed by atoms with Gasteiger partial charge in [0.05, 0.1) is 18.6 Å². The fourth-order valence-electron chi connectivity index (χ4n) is 4.53. The Morgan fingerprint density at radius 3 is 2.52 bits per heavy atom. The summed E-state index contributed by atoms with van der Waals surface area (Å²) in [6.07, 6.45) is 0. The predicted molar refractivity (Wildman–Crippen MR) is 146 cm³/mol. The molecule has 4 aromatic rings. The van der Waals surface area contributed by atoms with Crippen LogP contribution in [0.15, 0.2) is 96.4 Å². The highest BCUT2D eigenvalue weighted by atomic mass is 19.1. The number of rotatable bonds is 7. The Morgan fingerprint density at radius 2 is 1.80 bits per heavy atom. The second kappa shape index (κ2) is 11.2. The lowest BCUT2D eigenvalue weighted by Gasteiger charge is -2.27. The number of nitriles is 1. The number of carbonyl (C=O) groups is 1. The van der Waals surface area contributed by atoms with Crippen molar-refractivity contribution >= 4 is 5.97 Å². The molecule has 8 heteroatoms. The van der Waals surface area contributed by atoms with Gasteiger partial charge in [-0.1, -0.05) is 42.5 Å². The highest BCUT2D eigenvalue weighted by Crippen LogP contribution is 2.45. The number of fused-ring (bicyclic) bond motifs is 1. The molecular weight excluding hydrogens is 511 g/mol. The average Bonchev–Trinajstić information content (AvgIpc) is 2.96. The van der Waals surface area contributed by atoms with Crippen molar-refractivity contribution in [3.8, 4) is 29.1 Å². The van der Waals surface area contributed by atoms with Crippen molar-refractivity contribution < 1.29 is 28.1 Å². The summed E-state index contributed by atoms with van der Waals surface area (Å²) < 4.78 is 36.1. The molecule has 0 amide bonds. The summed E-state index contributed by atoms with van der Waals surface area (Å²) in [5.41, 5.74) is 9.84.